The Labute approximate surface area is 106 Å². The summed E-state index contributed by atoms with van der Waals surface area (Å²) in [6, 6.07) is 0.502. The van der Waals surface area contributed by atoms with Gasteiger partial charge in [-0.1, -0.05) is 0 Å². The van der Waals surface area contributed by atoms with Crippen LogP contribution in [-0.2, 0) is 4.74 Å². The van der Waals surface area contributed by atoms with Gasteiger partial charge >= 0.3 is 12.0 Å². The molecule has 0 spiro atoms. The van der Waals surface area contributed by atoms with Crippen molar-refractivity contribution in [2.24, 2.45) is 0 Å². The molecule has 1 aliphatic heterocycles. The van der Waals surface area contributed by atoms with Crippen LogP contribution in [0.1, 0.15) is 13.8 Å². The van der Waals surface area contributed by atoms with Crippen LogP contribution in [0, 0.1) is 0 Å². The number of anilines is 1. The second-order valence-corrected chi connectivity index (χ2v) is 4.64. The largest absolute Gasteiger partial charge is 0.467 e. The molecule has 7 heteroatoms. The number of methoxy groups -OCH3 is 2. The van der Waals surface area contributed by atoms with Crippen molar-refractivity contribution in [3.8, 4) is 12.0 Å². The third-order valence-electron chi connectivity index (χ3n) is 2.66. The van der Waals surface area contributed by atoms with Crippen molar-refractivity contribution < 1.29 is 14.2 Å². The molecule has 1 aromatic rings. The molecule has 0 aliphatic carbocycles. The van der Waals surface area contributed by atoms with Gasteiger partial charge in [0.2, 0.25) is 5.95 Å². The Bertz CT molecular complexity index is 402. The SMILES string of the molecule is COc1nc(OC)nc(N2CCOC(C)(C)C2)n1. The van der Waals surface area contributed by atoms with Crippen LogP contribution < -0.4 is 14.4 Å². The quantitative estimate of drug-likeness (QED) is 0.778. The summed E-state index contributed by atoms with van der Waals surface area (Å²) < 4.78 is 15.7. The van der Waals surface area contributed by atoms with Gasteiger partial charge in [0.25, 0.3) is 0 Å². The highest BCUT2D eigenvalue weighted by atomic mass is 16.5. The second kappa shape index (κ2) is 4.93. The van der Waals surface area contributed by atoms with Crippen LogP contribution in [-0.4, -0.2) is 54.5 Å². The number of ether oxygens (including phenoxy) is 3. The molecule has 18 heavy (non-hydrogen) atoms. The van der Waals surface area contributed by atoms with E-state index in [2.05, 4.69) is 15.0 Å². The van der Waals surface area contributed by atoms with Crippen molar-refractivity contribution >= 4 is 5.95 Å². The first-order valence-corrected chi connectivity index (χ1v) is 5.77. The summed E-state index contributed by atoms with van der Waals surface area (Å²) in [7, 11) is 3.03. The fourth-order valence-electron chi connectivity index (χ4n) is 1.84. The Balaban J connectivity index is 2.26. The molecule has 1 aliphatic rings. The van der Waals surface area contributed by atoms with E-state index in [9.17, 15) is 0 Å². The minimum Gasteiger partial charge on any atom is -0.467 e. The summed E-state index contributed by atoms with van der Waals surface area (Å²) in [5, 5.41) is 0. The monoisotopic (exact) mass is 254 g/mol. The molecule has 0 saturated carbocycles. The zero-order chi connectivity index (χ0) is 13.2. The molecular weight excluding hydrogens is 236 g/mol. The molecule has 0 N–H and O–H groups in total. The zero-order valence-electron chi connectivity index (χ0n) is 11.1. The third kappa shape index (κ3) is 2.79. The average Bonchev–Trinajstić information content (AvgIpc) is 2.37. The van der Waals surface area contributed by atoms with Gasteiger partial charge in [-0.15, -0.1) is 4.98 Å². The first-order valence-electron chi connectivity index (χ1n) is 5.77. The molecule has 0 aromatic carbocycles. The van der Waals surface area contributed by atoms with E-state index in [1.807, 2.05) is 18.7 Å². The molecule has 0 radical (unpaired) electrons. The molecule has 7 nitrogen and oxygen atoms in total. The van der Waals surface area contributed by atoms with Crippen molar-refractivity contribution in [2.45, 2.75) is 19.4 Å². The van der Waals surface area contributed by atoms with Crippen LogP contribution in [0.5, 0.6) is 12.0 Å². The van der Waals surface area contributed by atoms with Crippen molar-refractivity contribution in [3.63, 3.8) is 0 Å². The third-order valence-corrected chi connectivity index (χ3v) is 2.66. The molecule has 0 atom stereocenters. The molecule has 0 unspecified atom stereocenters. The van der Waals surface area contributed by atoms with Gasteiger partial charge < -0.3 is 19.1 Å². The van der Waals surface area contributed by atoms with Gasteiger partial charge in [0.15, 0.2) is 0 Å². The van der Waals surface area contributed by atoms with Crippen molar-refractivity contribution in [2.75, 3.05) is 38.8 Å². The Morgan fingerprint density at radius 3 is 2.22 bits per heavy atom. The maximum atomic E-state index is 5.65. The number of aromatic nitrogens is 3. The number of hydrogen-bond donors (Lipinski definition) is 0. The summed E-state index contributed by atoms with van der Waals surface area (Å²) in [5.41, 5.74) is -0.217. The van der Waals surface area contributed by atoms with Crippen LogP contribution >= 0.6 is 0 Å². The summed E-state index contributed by atoms with van der Waals surface area (Å²) in [6.07, 6.45) is 0. The molecule has 1 fully saturated rings. The van der Waals surface area contributed by atoms with Gasteiger partial charge in [-0.2, -0.15) is 9.97 Å². The number of nitrogens with zero attached hydrogens (tertiary/aromatic N) is 4. The minimum absolute atomic E-state index is 0.217. The van der Waals surface area contributed by atoms with Crippen LogP contribution in [0.3, 0.4) is 0 Å². The van der Waals surface area contributed by atoms with Gasteiger partial charge in [-0.3, -0.25) is 0 Å². The Morgan fingerprint density at radius 2 is 1.72 bits per heavy atom. The number of hydrogen-bond acceptors (Lipinski definition) is 7. The van der Waals surface area contributed by atoms with E-state index in [-0.39, 0.29) is 17.6 Å². The van der Waals surface area contributed by atoms with Crippen molar-refractivity contribution in [1.82, 2.24) is 15.0 Å². The molecule has 2 rings (SSSR count). The molecule has 1 aromatic heterocycles. The van der Waals surface area contributed by atoms with Crippen LogP contribution in [0.25, 0.3) is 0 Å². The highest BCUT2D eigenvalue weighted by molar-refractivity contribution is 5.33. The van der Waals surface area contributed by atoms with Crippen LogP contribution in [0.4, 0.5) is 5.95 Å². The highest BCUT2D eigenvalue weighted by Crippen LogP contribution is 2.22. The van der Waals surface area contributed by atoms with E-state index >= 15 is 0 Å². The minimum atomic E-state index is -0.217. The summed E-state index contributed by atoms with van der Waals surface area (Å²) in [5.74, 6) is 0.551. The smallest absolute Gasteiger partial charge is 0.324 e. The van der Waals surface area contributed by atoms with Gasteiger partial charge in [0.1, 0.15) is 0 Å². The first-order chi connectivity index (χ1) is 8.54. The predicted molar refractivity (Wildman–Crippen MR) is 65.2 cm³/mol. The van der Waals surface area contributed by atoms with E-state index in [0.717, 1.165) is 6.54 Å². The second-order valence-electron chi connectivity index (χ2n) is 4.64. The maximum absolute atomic E-state index is 5.65. The molecule has 1 saturated heterocycles. The summed E-state index contributed by atoms with van der Waals surface area (Å²) >= 11 is 0. The number of morpholine rings is 1. The number of rotatable bonds is 3. The lowest BCUT2D eigenvalue weighted by molar-refractivity contribution is -0.0282. The molecule has 2 heterocycles. The zero-order valence-corrected chi connectivity index (χ0v) is 11.1. The Morgan fingerprint density at radius 1 is 1.11 bits per heavy atom. The molecule has 0 amide bonds. The summed E-state index contributed by atoms with van der Waals surface area (Å²) in [6.45, 7) is 6.16. The van der Waals surface area contributed by atoms with E-state index in [1.165, 1.54) is 14.2 Å². The molecular formula is C11H18N4O3. The van der Waals surface area contributed by atoms with Gasteiger partial charge in [0.05, 0.1) is 26.4 Å². The van der Waals surface area contributed by atoms with Gasteiger partial charge in [-0.25, -0.2) is 0 Å². The maximum Gasteiger partial charge on any atom is 0.324 e. The molecule has 100 valence electrons. The van der Waals surface area contributed by atoms with E-state index in [0.29, 0.717) is 19.1 Å². The van der Waals surface area contributed by atoms with E-state index in [4.69, 9.17) is 14.2 Å². The van der Waals surface area contributed by atoms with Crippen molar-refractivity contribution in [1.29, 1.82) is 0 Å². The average molecular weight is 254 g/mol. The Kier molecular flexibility index (Phi) is 3.51. The predicted octanol–water partition coefficient (Wildman–Crippen LogP) is 0.504. The highest BCUT2D eigenvalue weighted by Gasteiger charge is 2.29. The standard InChI is InChI=1S/C11H18N4O3/c1-11(2)7-15(5-6-18-11)8-12-9(16-3)14-10(13-8)17-4/h5-7H2,1-4H3. The lowest BCUT2D eigenvalue weighted by Gasteiger charge is -2.38. The first kappa shape index (κ1) is 12.8. The molecule has 0 bridgehead atoms. The van der Waals surface area contributed by atoms with Crippen molar-refractivity contribution in [3.05, 3.63) is 0 Å². The lowest BCUT2D eigenvalue weighted by Crippen LogP contribution is -2.49. The topological polar surface area (TPSA) is 69.6 Å². The normalized spacial score (nSPS) is 18.6. The fraction of sp³-hybridized carbons (Fsp3) is 0.727. The van der Waals surface area contributed by atoms with Crippen LogP contribution in [0.15, 0.2) is 0 Å². The van der Waals surface area contributed by atoms with E-state index < -0.39 is 0 Å². The van der Waals surface area contributed by atoms with E-state index in [1.54, 1.807) is 0 Å². The lowest BCUT2D eigenvalue weighted by atomic mass is 10.1. The summed E-state index contributed by atoms with van der Waals surface area (Å²) in [4.78, 5) is 14.5. The fourth-order valence-corrected chi connectivity index (χ4v) is 1.84. The van der Waals surface area contributed by atoms with Gasteiger partial charge in [-0.05, 0) is 13.8 Å². The van der Waals surface area contributed by atoms with Crippen LogP contribution in [0.2, 0.25) is 0 Å². The Hall–Kier alpha value is -1.63. The van der Waals surface area contributed by atoms with Gasteiger partial charge in [0, 0.05) is 13.1 Å².